The Morgan fingerprint density at radius 3 is 1.21 bits per heavy atom. The molecule has 0 saturated carbocycles. The first kappa shape index (κ1) is 95.9. The van der Waals surface area contributed by atoms with E-state index >= 15 is 0 Å². The lowest BCUT2D eigenvalue weighted by Gasteiger charge is -2.47. The van der Waals surface area contributed by atoms with Gasteiger partial charge in [0.2, 0.25) is 0 Å². The Balaban J connectivity index is 0.000000189. The lowest BCUT2D eigenvalue weighted by atomic mass is 9.98. The topological polar surface area (TPSA) is 231 Å². The van der Waals surface area contributed by atoms with Crippen LogP contribution >= 0.6 is 34.8 Å². The minimum atomic E-state index is -3.62. The highest BCUT2D eigenvalue weighted by atomic mass is 35.5. The molecule has 0 bridgehead atoms. The number of aliphatic hydroxyl groups is 4. The molecule has 121 heavy (non-hydrogen) atoms. The van der Waals surface area contributed by atoms with E-state index in [0.29, 0.717) is 68.0 Å². The zero-order valence-electron chi connectivity index (χ0n) is 71.2. The van der Waals surface area contributed by atoms with Crippen molar-refractivity contribution in [2.75, 3.05) is 139 Å². The van der Waals surface area contributed by atoms with Gasteiger partial charge in [0.15, 0.2) is 28.0 Å². The summed E-state index contributed by atoms with van der Waals surface area (Å²) in [6.45, 7) is 45.3. The molecular weight excluding hydrogens is 1640 g/mol. The first-order chi connectivity index (χ1) is 57.8. The maximum atomic E-state index is 11.5. The van der Waals surface area contributed by atoms with Crippen LogP contribution in [0, 0.1) is 24.5 Å². The summed E-state index contributed by atoms with van der Waals surface area (Å²) >= 11 is 20.0. The molecule has 3 aliphatic rings. The Morgan fingerprint density at radius 1 is 0.496 bits per heavy atom. The van der Waals surface area contributed by atoms with Crippen molar-refractivity contribution in [2.45, 2.75) is 114 Å². The fourth-order valence-corrected chi connectivity index (χ4v) is 17.5. The van der Waals surface area contributed by atoms with E-state index in [-0.39, 0.29) is 93.1 Å². The van der Waals surface area contributed by atoms with E-state index in [1.165, 1.54) is 22.3 Å². The molecule has 0 amide bonds. The van der Waals surface area contributed by atoms with Gasteiger partial charge < -0.3 is 63.5 Å². The molecule has 0 aliphatic carbocycles. The van der Waals surface area contributed by atoms with Gasteiger partial charge in [-0.25, -0.2) is 9.69 Å². The fourth-order valence-electron chi connectivity index (χ4n) is 14.1. The second-order valence-electron chi connectivity index (χ2n) is 32.9. The molecule has 3 aliphatic heterocycles. The number of hydrogen-bond donors (Lipinski definition) is 5. The third kappa shape index (κ3) is 27.3. The Labute approximate surface area is 733 Å². The molecule has 3 heterocycles. The van der Waals surface area contributed by atoms with E-state index in [1.54, 1.807) is 42.5 Å². The van der Waals surface area contributed by atoms with Crippen LogP contribution in [0.3, 0.4) is 0 Å². The average Bonchev–Trinajstić information content (AvgIpc) is 0.789. The summed E-state index contributed by atoms with van der Waals surface area (Å²) in [5.41, 5.74) is 11.2. The van der Waals surface area contributed by atoms with Crippen molar-refractivity contribution in [2.24, 2.45) is 0 Å². The highest BCUT2D eigenvalue weighted by Crippen LogP contribution is 2.45. The van der Waals surface area contributed by atoms with Gasteiger partial charge >= 0.3 is 0 Å². The number of aliphatic hydroxyl groups excluding tert-OH is 4. The Hall–Kier alpha value is -8.90. The van der Waals surface area contributed by atoms with Crippen molar-refractivity contribution in [3.05, 3.63) is 295 Å². The van der Waals surface area contributed by atoms with Crippen molar-refractivity contribution in [1.82, 2.24) is 15.1 Å². The third-order valence-corrected chi connectivity index (χ3v) is 33.3. The summed E-state index contributed by atoms with van der Waals surface area (Å²) in [6, 6.07) is 72.9. The number of nitrogens with one attached hydrogen (secondary N) is 1. The second kappa shape index (κ2) is 45.5. The molecule has 644 valence electrons. The zero-order chi connectivity index (χ0) is 87.5. The molecule has 0 spiro atoms. The number of ether oxygens (including phenoxy) is 3. The number of benzene rings is 9. The fraction of sp³-hybridized carbons (Fsp3) is 0.394. The van der Waals surface area contributed by atoms with Crippen LogP contribution in [-0.4, -0.2) is 180 Å². The van der Waals surface area contributed by atoms with Crippen molar-refractivity contribution < 1.29 is 56.1 Å². The molecule has 12 rings (SSSR count). The van der Waals surface area contributed by atoms with Gasteiger partial charge in [-0.05, 0) is 118 Å². The Morgan fingerprint density at radius 2 is 0.860 bits per heavy atom. The predicted octanol–water partition coefficient (Wildman–Crippen LogP) is 19.2. The number of nitriles is 1. The predicted molar refractivity (Wildman–Crippen MR) is 492 cm³/mol. The van der Waals surface area contributed by atoms with Crippen molar-refractivity contribution >= 4 is 90.0 Å². The lowest BCUT2D eigenvalue weighted by Crippen LogP contribution is -2.51. The van der Waals surface area contributed by atoms with Crippen molar-refractivity contribution in [3.8, 4) is 23.3 Å². The van der Waals surface area contributed by atoms with E-state index < -0.39 is 32.9 Å². The summed E-state index contributed by atoms with van der Waals surface area (Å²) in [5, 5.41) is 51.6. The summed E-state index contributed by atoms with van der Waals surface area (Å²) in [7, 11) is -7.62. The molecule has 21 nitrogen and oxygen atoms in total. The monoisotopic (exact) mass is 1760 g/mol. The van der Waals surface area contributed by atoms with E-state index in [9.17, 15) is 13.5 Å². The third-order valence-electron chi connectivity index (χ3n) is 22.8. The van der Waals surface area contributed by atoms with Crippen LogP contribution in [0.5, 0.6) is 17.2 Å². The van der Waals surface area contributed by atoms with Gasteiger partial charge in [-0.15, -0.1) is 0 Å². The van der Waals surface area contributed by atoms with Crippen LogP contribution < -0.4 is 34.2 Å². The smallest absolute Gasteiger partial charge is 0.265 e. The van der Waals surface area contributed by atoms with Crippen LogP contribution in [0.1, 0.15) is 117 Å². The number of hydrogen-bond acceptors (Lipinski definition) is 19. The molecule has 3 fully saturated rings. The summed E-state index contributed by atoms with van der Waals surface area (Å²) in [6.07, 6.45) is 0.308. The van der Waals surface area contributed by atoms with Crippen LogP contribution in [0.15, 0.2) is 218 Å². The van der Waals surface area contributed by atoms with E-state index in [2.05, 4.69) is 180 Å². The molecule has 0 aromatic heterocycles. The minimum absolute atomic E-state index is 0.00345. The summed E-state index contributed by atoms with van der Waals surface area (Å²) in [4.78, 5) is 18.9. The van der Waals surface area contributed by atoms with E-state index in [1.807, 2.05) is 109 Å². The largest absolute Gasteiger partial charge is 0.491 e. The Bertz CT molecular complexity index is 4970. The van der Waals surface area contributed by atoms with Crippen LogP contribution in [0.25, 0.3) is 9.69 Å². The lowest BCUT2D eigenvalue weighted by molar-refractivity contribution is 0.103. The molecule has 5 N–H and O–H groups in total. The standard InChI is InChI=1S/C33H42ClN3O3Si.C27H28ClN3O3.C18H21ClN2O2.C16H25NO4SSi/c1-33(2,3)41(5,6)40-24-32(26-12-14-27(35-4)15-13-26)36-18-19-37(31(23-36)25-10-8-7-9-11-25)30-17-16-28(22-29(30)34)39-21-20-38;1-29-22-9-7-21(8-10-22)27(19-33)30-13-14-31(26(18-30)20-5-3-2-4-6-20)25-12-11-23(17-24(25)28)34-16-15-32;19-16-12-15(23-11-10-22)6-7-17(16)21-9-8-20-13-18(21)14-4-2-1-3-5-14;1-16(2,3)23(5,6)20-12-15(21-22(4,18)19)14-9-7-13(11-17)8-10-14/h7-17,22,31-32,38H,18-21,23-24H2,1-3,5-6H3;2-12,17,26-27,32-33H,13-16,18-19H2;1-7,12,18,20,22H,8-11,13H2;7-10,15H,12H2,1-6H3/t31-,32-;26-,27-;18-;15-/m0001/s1. The Kier molecular flexibility index (Phi) is 36.1. The van der Waals surface area contributed by atoms with Gasteiger partial charge in [0, 0.05) is 77.1 Å². The minimum Gasteiger partial charge on any atom is -0.491 e. The molecule has 9 aromatic carbocycles. The second-order valence-corrected chi connectivity index (χ2v) is 45.3. The van der Waals surface area contributed by atoms with Gasteiger partial charge in [0.05, 0.1) is 133 Å². The van der Waals surface area contributed by atoms with E-state index in [4.69, 9.17) is 95.8 Å². The summed E-state index contributed by atoms with van der Waals surface area (Å²) < 4.78 is 57.7. The number of rotatable bonds is 29. The highest BCUT2D eigenvalue weighted by Gasteiger charge is 2.42. The molecule has 0 radical (unpaired) electrons. The van der Waals surface area contributed by atoms with Gasteiger partial charge in [-0.3, -0.25) is 14.0 Å². The van der Waals surface area contributed by atoms with Crippen LogP contribution in [-0.2, 0) is 23.2 Å². The van der Waals surface area contributed by atoms with E-state index in [0.717, 1.165) is 81.2 Å². The van der Waals surface area contributed by atoms with Crippen molar-refractivity contribution in [1.29, 1.82) is 5.26 Å². The number of piperazine rings is 3. The normalized spacial score (nSPS) is 16.8. The van der Waals surface area contributed by atoms with Crippen molar-refractivity contribution in [3.63, 3.8) is 0 Å². The zero-order valence-corrected chi connectivity index (χ0v) is 76.2. The average molecular weight is 1760 g/mol. The number of nitrogens with zero attached hydrogens (tertiary/aromatic N) is 8. The number of halogens is 3. The van der Waals surface area contributed by atoms with Gasteiger partial charge in [-0.2, -0.15) is 13.7 Å². The molecule has 0 unspecified atom stereocenters. The maximum Gasteiger partial charge on any atom is 0.265 e. The van der Waals surface area contributed by atoms with Crippen LogP contribution in [0.4, 0.5) is 28.4 Å². The quantitative estimate of drug-likeness (QED) is 0.0167. The highest BCUT2D eigenvalue weighted by molar-refractivity contribution is 7.86. The number of anilines is 3. The maximum absolute atomic E-state index is 11.5. The molecular formula is C94H116Cl3N9O12SSi2. The molecule has 6 atom stereocenters. The van der Waals surface area contributed by atoms with Gasteiger partial charge in [-0.1, -0.05) is 228 Å². The first-order valence-corrected chi connectivity index (χ1v) is 49.5. The van der Waals surface area contributed by atoms with Crippen LogP contribution in [0.2, 0.25) is 51.3 Å². The first-order valence-electron chi connectivity index (χ1n) is 40.8. The SMILES string of the molecule is CC(C)(C)[Si](C)(C)OC[C@@H](OS(C)(=O)=O)c1ccc(C#N)cc1.OCCOc1ccc(N2CCNC[C@H]2c2ccccc2)c(Cl)c1.[C-]#[N+]c1ccc([C@H](CO)N2CCN(c3ccc(OCCO)cc3Cl)[C@H](c3ccccc3)C2)cc1.[C-]#[N+]c1ccc([C@H](CO[Si](C)(C)C(C)(C)C)N2CCN(c3ccc(OCCO)cc3Cl)[C@H](c3ccccc3)C2)cc1. The van der Waals surface area contributed by atoms with Gasteiger partial charge in [0.1, 0.15) is 43.2 Å². The molecule has 3 saturated heterocycles. The molecule has 27 heteroatoms. The molecule has 9 aromatic rings. The van der Waals surface area contributed by atoms with Gasteiger partial charge in [0.25, 0.3) is 10.1 Å². The summed E-state index contributed by atoms with van der Waals surface area (Å²) in [5.74, 6) is 1.95.